The number of hydrogen-bond donors (Lipinski definition) is 2. The Labute approximate surface area is 163 Å². The quantitative estimate of drug-likeness (QED) is 0.324. The van der Waals surface area contributed by atoms with Crippen LogP contribution in [-0.2, 0) is 11.2 Å². The van der Waals surface area contributed by atoms with Gasteiger partial charge in [-0.05, 0) is 43.9 Å². The minimum absolute atomic E-state index is 0.310. The Morgan fingerprint density at radius 3 is 2.42 bits per heavy atom. The Hall–Kier alpha value is -1.13. The molecule has 26 heavy (non-hydrogen) atoms. The average molecular weight is 381 g/mol. The van der Waals surface area contributed by atoms with Crippen LogP contribution in [0.2, 0.25) is 0 Å². The highest BCUT2D eigenvalue weighted by Crippen LogP contribution is 2.21. The second-order valence-electron chi connectivity index (χ2n) is 7.09. The van der Waals surface area contributed by atoms with Gasteiger partial charge in [0.2, 0.25) is 0 Å². The molecule has 0 aliphatic carbocycles. The molecule has 3 nitrogen and oxygen atoms in total. The highest BCUT2D eigenvalue weighted by molar-refractivity contribution is 7.12. The third-order valence-corrected chi connectivity index (χ3v) is 5.69. The molecule has 0 aliphatic heterocycles. The Morgan fingerprint density at radius 1 is 1.04 bits per heavy atom. The molecule has 0 radical (unpaired) electrons. The van der Waals surface area contributed by atoms with Crippen molar-refractivity contribution in [1.29, 1.82) is 0 Å². The predicted octanol–water partition coefficient (Wildman–Crippen LogP) is 6.45. The number of aliphatic carboxylic acids is 1. The molecule has 0 bridgehead atoms. The van der Waals surface area contributed by atoms with Crippen molar-refractivity contribution in [2.45, 2.75) is 96.5 Å². The molecule has 0 saturated heterocycles. The Bertz CT molecular complexity index is 507. The van der Waals surface area contributed by atoms with E-state index in [9.17, 15) is 9.90 Å². The van der Waals surface area contributed by atoms with Crippen molar-refractivity contribution >= 4 is 23.4 Å². The van der Waals surface area contributed by atoms with Gasteiger partial charge in [-0.1, -0.05) is 64.4 Å². The van der Waals surface area contributed by atoms with E-state index in [2.05, 4.69) is 25.1 Å². The number of aliphatic hydroxyl groups is 1. The number of aliphatic hydroxyl groups excluding tert-OH is 1. The van der Waals surface area contributed by atoms with E-state index in [0.29, 0.717) is 6.42 Å². The third-order valence-electron chi connectivity index (χ3n) is 4.58. The summed E-state index contributed by atoms with van der Waals surface area (Å²) in [4.78, 5) is 13.1. The monoisotopic (exact) mass is 380 g/mol. The molecule has 148 valence electrons. The fraction of sp³-hybridized carbons (Fsp3) is 0.682. The highest BCUT2D eigenvalue weighted by Gasteiger charge is 2.01. The third kappa shape index (κ3) is 12.3. The molecule has 1 aromatic rings. The summed E-state index contributed by atoms with van der Waals surface area (Å²) >= 11 is 1.83. The van der Waals surface area contributed by atoms with Crippen LogP contribution in [0.15, 0.2) is 18.2 Å². The zero-order valence-electron chi connectivity index (χ0n) is 16.3. The summed E-state index contributed by atoms with van der Waals surface area (Å²) in [6.07, 6.45) is 17.4. The van der Waals surface area contributed by atoms with Crippen LogP contribution in [0.5, 0.6) is 0 Å². The first-order valence-electron chi connectivity index (χ1n) is 10.3. The van der Waals surface area contributed by atoms with Gasteiger partial charge in [-0.2, -0.15) is 0 Å². The molecule has 0 spiro atoms. The second-order valence-corrected chi connectivity index (χ2v) is 8.29. The van der Waals surface area contributed by atoms with Crippen molar-refractivity contribution in [1.82, 2.24) is 0 Å². The first-order valence-corrected chi connectivity index (χ1v) is 11.1. The van der Waals surface area contributed by atoms with Gasteiger partial charge >= 0.3 is 5.97 Å². The SMILES string of the molecule is CCCCCC(O)/C=C/c1ccc(CCCCCCCCCC(=O)O)s1. The lowest BCUT2D eigenvalue weighted by atomic mass is 10.1. The molecule has 0 amide bonds. The lowest BCUT2D eigenvalue weighted by molar-refractivity contribution is -0.137. The van der Waals surface area contributed by atoms with Crippen molar-refractivity contribution in [3.63, 3.8) is 0 Å². The van der Waals surface area contributed by atoms with E-state index in [-0.39, 0.29) is 6.10 Å². The number of aryl methyl sites for hydroxylation is 1. The zero-order valence-corrected chi connectivity index (χ0v) is 17.1. The van der Waals surface area contributed by atoms with Gasteiger partial charge in [0.05, 0.1) is 6.10 Å². The van der Waals surface area contributed by atoms with Crippen LogP contribution in [0.25, 0.3) is 6.08 Å². The molecule has 4 heteroatoms. The fourth-order valence-corrected chi connectivity index (χ4v) is 3.95. The lowest BCUT2D eigenvalue weighted by Gasteiger charge is -2.03. The summed E-state index contributed by atoms with van der Waals surface area (Å²) in [5.74, 6) is -0.679. The summed E-state index contributed by atoms with van der Waals surface area (Å²) in [5, 5.41) is 18.5. The second kappa shape index (κ2) is 15.0. The van der Waals surface area contributed by atoms with E-state index < -0.39 is 5.97 Å². The largest absolute Gasteiger partial charge is 0.481 e. The first-order chi connectivity index (χ1) is 12.6. The molecule has 0 saturated carbocycles. The normalized spacial score (nSPS) is 12.7. The van der Waals surface area contributed by atoms with Crippen molar-refractivity contribution in [2.24, 2.45) is 0 Å². The van der Waals surface area contributed by atoms with Gasteiger partial charge in [0, 0.05) is 16.2 Å². The van der Waals surface area contributed by atoms with Crippen LogP contribution in [0.3, 0.4) is 0 Å². The van der Waals surface area contributed by atoms with Crippen LogP contribution in [0, 0.1) is 0 Å². The van der Waals surface area contributed by atoms with Gasteiger partial charge in [-0.15, -0.1) is 11.3 Å². The van der Waals surface area contributed by atoms with E-state index in [4.69, 9.17) is 5.11 Å². The number of carbonyl (C=O) groups is 1. The molecule has 1 aromatic heterocycles. The standard InChI is InChI=1S/C22H36O3S/c1-2-3-9-12-19(23)15-16-21-18-17-20(26-21)13-10-7-5-4-6-8-11-14-22(24)25/h15-19,23H,2-14H2,1H3,(H,24,25)/b16-15+. The van der Waals surface area contributed by atoms with Gasteiger partial charge in [-0.25, -0.2) is 0 Å². The van der Waals surface area contributed by atoms with Crippen molar-refractivity contribution < 1.29 is 15.0 Å². The molecule has 2 N–H and O–H groups in total. The van der Waals surface area contributed by atoms with E-state index in [1.807, 2.05) is 17.4 Å². The maximum absolute atomic E-state index is 10.4. The molecule has 0 aromatic carbocycles. The number of carboxylic acids is 1. The molecule has 0 aliphatic rings. The molecule has 1 heterocycles. The Balaban J connectivity index is 2.07. The van der Waals surface area contributed by atoms with Gasteiger partial charge in [0.1, 0.15) is 0 Å². The molecule has 1 rings (SSSR count). The average Bonchev–Trinajstić information content (AvgIpc) is 3.06. The van der Waals surface area contributed by atoms with Gasteiger partial charge < -0.3 is 10.2 Å². The topological polar surface area (TPSA) is 57.5 Å². The minimum Gasteiger partial charge on any atom is -0.481 e. The molecule has 1 unspecified atom stereocenters. The fourth-order valence-electron chi connectivity index (χ4n) is 2.98. The maximum atomic E-state index is 10.4. The molecular formula is C22H36O3S. The van der Waals surface area contributed by atoms with Crippen LogP contribution in [0.4, 0.5) is 0 Å². The zero-order chi connectivity index (χ0) is 19.0. The van der Waals surface area contributed by atoms with Crippen molar-refractivity contribution in [3.05, 3.63) is 28.0 Å². The summed E-state index contributed by atoms with van der Waals surface area (Å²) in [7, 11) is 0. The Kier molecular flexibility index (Phi) is 13.2. The number of unbranched alkanes of at least 4 members (excludes halogenated alkanes) is 8. The van der Waals surface area contributed by atoms with Crippen LogP contribution < -0.4 is 0 Å². The number of carboxylic acid groups (broad SMARTS) is 1. The smallest absolute Gasteiger partial charge is 0.303 e. The van der Waals surface area contributed by atoms with E-state index in [1.165, 1.54) is 48.3 Å². The molecule has 0 fully saturated rings. The molecular weight excluding hydrogens is 344 g/mol. The van der Waals surface area contributed by atoms with Crippen LogP contribution >= 0.6 is 11.3 Å². The van der Waals surface area contributed by atoms with Crippen molar-refractivity contribution in [3.8, 4) is 0 Å². The van der Waals surface area contributed by atoms with Crippen molar-refractivity contribution in [2.75, 3.05) is 0 Å². The number of hydrogen-bond acceptors (Lipinski definition) is 3. The predicted molar refractivity (Wildman–Crippen MR) is 112 cm³/mol. The number of thiophene rings is 1. The summed E-state index contributed by atoms with van der Waals surface area (Å²) in [6.45, 7) is 2.18. The summed E-state index contributed by atoms with van der Waals surface area (Å²) in [6, 6.07) is 4.36. The first kappa shape index (κ1) is 22.9. The highest BCUT2D eigenvalue weighted by atomic mass is 32.1. The van der Waals surface area contributed by atoms with E-state index >= 15 is 0 Å². The minimum atomic E-state index is -0.679. The maximum Gasteiger partial charge on any atom is 0.303 e. The summed E-state index contributed by atoms with van der Waals surface area (Å²) < 4.78 is 0. The van der Waals surface area contributed by atoms with Crippen LogP contribution in [0.1, 0.15) is 93.7 Å². The summed E-state index contributed by atoms with van der Waals surface area (Å²) in [5.41, 5.74) is 0. The van der Waals surface area contributed by atoms with Gasteiger partial charge in [0.15, 0.2) is 0 Å². The number of rotatable bonds is 16. The van der Waals surface area contributed by atoms with Gasteiger partial charge in [0.25, 0.3) is 0 Å². The lowest BCUT2D eigenvalue weighted by Crippen LogP contribution is -2.00. The van der Waals surface area contributed by atoms with E-state index in [0.717, 1.165) is 38.5 Å². The molecule has 1 atom stereocenters. The van der Waals surface area contributed by atoms with Crippen LogP contribution in [-0.4, -0.2) is 22.3 Å². The van der Waals surface area contributed by atoms with Gasteiger partial charge in [-0.3, -0.25) is 4.79 Å². The Morgan fingerprint density at radius 2 is 1.73 bits per heavy atom. The van der Waals surface area contributed by atoms with E-state index in [1.54, 1.807) is 0 Å².